The average molecular weight is 318 g/mol. The van der Waals surface area contributed by atoms with E-state index in [1.54, 1.807) is 45.0 Å². The van der Waals surface area contributed by atoms with Crippen molar-refractivity contribution in [2.45, 2.75) is 32.8 Å². The number of carbonyl (C=O) groups is 2. The maximum atomic E-state index is 11.6. The third-order valence-corrected chi connectivity index (χ3v) is 2.67. The van der Waals surface area contributed by atoms with Crippen LogP contribution in [0.4, 0.5) is 4.79 Å². The predicted molar refractivity (Wildman–Crippen MR) is 86.4 cm³/mol. The van der Waals surface area contributed by atoms with Crippen molar-refractivity contribution < 1.29 is 19.1 Å². The molecule has 0 aromatic heterocycles. The summed E-state index contributed by atoms with van der Waals surface area (Å²) in [6.45, 7) is 5.38. The molecular weight excluding hydrogens is 296 g/mol. The Balaban J connectivity index is 2.49. The minimum atomic E-state index is -0.616. The Hall–Kier alpha value is -2.52. The van der Waals surface area contributed by atoms with Crippen LogP contribution >= 0.6 is 0 Å². The van der Waals surface area contributed by atoms with Crippen LogP contribution in [0, 0.1) is 11.8 Å². The number of amides is 1. The number of rotatable bonds is 3. The highest BCUT2D eigenvalue weighted by Crippen LogP contribution is 2.08. The maximum absolute atomic E-state index is 11.6. The summed E-state index contributed by atoms with van der Waals surface area (Å²) in [4.78, 5) is 22.9. The second kappa shape index (κ2) is 8.20. The molecule has 0 spiro atoms. The first-order valence-electron chi connectivity index (χ1n) is 7.11. The molecule has 0 atom stereocenters. The molecule has 0 saturated heterocycles. The van der Waals surface area contributed by atoms with E-state index in [-0.39, 0.29) is 12.5 Å². The van der Waals surface area contributed by atoms with Crippen molar-refractivity contribution in [3.05, 3.63) is 35.4 Å². The molecule has 124 valence electrons. The summed E-state index contributed by atoms with van der Waals surface area (Å²) in [6.07, 6.45) is -0.127. The normalized spacial score (nSPS) is 10.3. The van der Waals surface area contributed by atoms with Gasteiger partial charge in [-0.15, -0.1) is 0 Å². The van der Waals surface area contributed by atoms with Crippen molar-refractivity contribution >= 4 is 12.1 Å². The van der Waals surface area contributed by atoms with E-state index < -0.39 is 11.7 Å². The van der Waals surface area contributed by atoms with Gasteiger partial charge >= 0.3 is 12.1 Å². The van der Waals surface area contributed by atoms with Gasteiger partial charge in [-0.3, -0.25) is 0 Å². The van der Waals surface area contributed by atoms with Crippen molar-refractivity contribution in [2.75, 3.05) is 13.7 Å². The monoisotopic (exact) mass is 318 g/mol. The number of methoxy groups -OCH3 is 1. The molecule has 0 aliphatic carbocycles. The molecule has 1 aromatic rings. The summed E-state index contributed by atoms with van der Waals surface area (Å²) >= 11 is 0. The SMILES string of the molecule is COC(=O)c1ccc(CC#CCN(N)C(=O)OC(C)(C)C)cc1. The van der Waals surface area contributed by atoms with Crippen molar-refractivity contribution in [3.8, 4) is 11.8 Å². The highest BCUT2D eigenvalue weighted by Gasteiger charge is 2.19. The number of carbonyl (C=O) groups excluding carboxylic acids is 2. The van der Waals surface area contributed by atoms with Gasteiger partial charge in [0.1, 0.15) is 12.1 Å². The van der Waals surface area contributed by atoms with Gasteiger partial charge in [0.15, 0.2) is 0 Å². The standard InChI is InChI=1S/C17H22N2O4/c1-17(2,3)23-16(21)19(18)12-6-5-7-13-8-10-14(11-9-13)15(20)22-4/h8-11H,7,12,18H2,1-4H3. The highest BCUT2D eigenvalue weighted by molar-refractivity contribution is 5.89. The van der Waals surface area contributed by atoms with Crippen LogP contribution < -0.4 is 5.84 Å². The van der Waals surface area contributed by atoms with Gasteiger partial charge in [-0.05, 0) is 38.5 Å². The van der Waals surface area contributed by atoms with E-state index in [2.05, 4.69) is 16.6 Å². The van der Waals surface area contributed by atoms with Crippen LogP contribution in [0.3, 0.4) is 0 Å². The van der Waals surface area contributed by atoms with Gasteiger partial charge in [-0.1, -0.05) is 24.0 Å². The fourth-order valence-corrected chi connectivity index (χ4v) is 1.57. The number of esters is 1. The molecule has 0 aliphatic heterocycles. The molecule has 6 heteroatoms. The van der Waals surface area contributed by atoms with Crippen molar-refractivity contribution in [1.82, 2.24) is 5.01 Å². The van der Waals surface area contributed by atoms with Crippen molar-refractivity contribution in [1.29, 1.82) is 0 Å². The number of hydrazine groups is 1. The van der Waals surface area contributed by atoms with Gasteiger partial charge in [0.05, 0.1) is 12.7 Å². The van der Waals surface area contributed by atoms with Crippen molar-refractivity contribution in [2.24, 2.45) is 5.84 Å². The largest absolute Gasteiger partial charge is 0.465 e. The lowest BCUT2D eigenvalue weighted by Gasteiger charge is -2.22. The highest BCUT2D eigenvalue weighted by atomic mass is 16.6. The zero-order valence-electron chi connectivity index (χ0n) is 13.9. The smallest absolute Gasteiger partial charge is 0.425 e. The molecule has 6 nitrogen and oxygen atoms in total. The van der Waals surface area contributed by atoms with E-state index in [4.69, 9.17) is 10.6 Å². The molecule has 1 amide bonds. The van der Waals surface area contributed by atoms with Crippen LogP contribution in [0.25, 0.3) is 0 Å². The van der Waals surface area contributed by atoms with E-state index in [9.17, 15) is 9.59 Å². The Bertz CT molecular complexity index is 606. The lowest BCUT2D eigenvalue weighted by molar-refractivity contribution is 0.0273. The molecule has 0 aliphatic rings. The van der Waals surface area contributed by atoms with Crippen LogP contribution in [0.2, 0.25) is 0 Å². The van der Waals surface area contributed by atoms with E-state index in [1.807, 2.05) is 0 Å². The third kappa shape index (κ3) is 6.85. The number of hydrogen-bond acceptors (Lipinski definition) is 5. The minimum Gasteiger partial charge on any atom is -0.465 e. The molecule has 0 heterocycles. The number of benzene rings is 1. The number of nitrogens with two attached hydrogens (primary N) is 1. The van der Waals surface area contributed by atoms with Crippen LogP contribution in [-0.2, 0) is 15.9 Å². The Kier molecular flexibility index (Phi) is 6.61. The summed E-state index contributed by atoms with van der Waals surface area (Å²) in [5.74, 6) is 10.9. The van der Waals surface area contributed by atoms with Gasteiger partial charge in [0.25, 0.3) is 0 Å². The average Bonchev–Trinajstić information content (AvgIpc) is 2.49. The Morgan fingerprint density at radius 1 is 1.17 bits per heavy atom. The molecule has 23 heavy (non-hydrogen) atoms. The molecule has 0 radical (unpaired) electrons. The van der Waals surface area contributed by atoms with Gasteiger partial charge in [-0.2, -0.15) is 0 Å². The first-order valence-corrected chi connectivity index (χ1v) is 7.11. The zero-order chi connectivity index (χ0) is 17.5. The Labute approximate surface area is 136 Å². The molecule has 0 saturated carbocycles. The summed E-state index contributed by atoms with van der Waals surface area (Å²) in [6, 6.07) is 6.96. The summed E-state index contributed by atoms with van der Waals surface area (Å²) in [5.41, 5.74) is 0.844. The predicted octanol–water partition coefficient (Wildman–Crippen LogP) is 2.13. The lowest BCUT2D eigenvalue weighted by atomic mass is 10.1. The molecule has 2 N–H and O–H groups in total. The second-order valence-corrected chi connectivity index (χ2v) is 5.83. The second-order valence-electron chi connectivity index (χ2n) is 5.83. The lowest BCUT2D eigenvalue weighted by Crippen LogP contribution is -2.41. The van der Waals surface area contributed by atoms with E-state index in [0.717, 1.165) is 10.6 Å². The zero-order valence-corrected chi connectivity index (χ0v) is 13.9. The number of ether oxygens (including phenoxy) is 2. The van der Waals surface area contributed by atoms with Gasteiger partial charge in [0.2, 0.25) is 0 Å². The number of hydrogen-bond donors (Lipinski definition) is 1. The molecule has 1 rings (SSSR count). The minimum absolute atomic E-state index is 0.0785. The number of nitrogens with zero attached hydrogens (tertiary/aromatic N) is 1. The molecule has 0 bridgehead atoms. The van der Waals surface area contributed by atoms with Gasteiger partial charge in [-0.25, -0.2) is 20.4 Å². The van der Waals surface area contributed by atoms with E-state index in [0.29, 0.717) is 12.0 Å². The molecule has 1 aromatic carbocycles. The van der Waals surface area contributed by atoms with Crippen LogP contribution in [-0.4, -0.2) is 36.3 Å². The Morgan fingerprint density at radius 3 is 2.30 bits per heavy atom. The first kappa shape index (κ1) is 18.5. The molecular formula is C17H22N2O4. The third-order valence-electron chi connectivity index (χ3n) is 2.67. The van der Waals surface area contributed by atoms with Gasteiger partial charge in [0, 0.05) is 6.42 Å². The van der Waals surface area contributed by atoms with Crippen LogP contribution in [0.5, 0.6) is 0 Å². The van der Waals surface area contributed by atoms with Gasteiger partial charge < -0.3 is 9.47 Å². The van der Waals surface area contributed by atoms with Crippen LogP contribution in [0.15, 0.2) is 24.3 Å². The summed E-state index contributed by atoms with van der Waals surface area (Å²) < 4.78 is 9.74. The fourth-order valence-electron chi connectivity index (χ4n) is 1.57. The molecule has 0 fully saturated rings. The first-order chi connectivity index (χ1) is 10.7. The van der Waals surface area contributed by atoms with Crippen LogP contribution in [0.1, 0.15) is 36.7 Å². The van der Waals surface area contributed by atoms with E-state index >= 15 is 0 Å². The topological polar surface area (TPSA) is 81.9 Å². The molecule has 0 unspecified atom stereocenters. The Morgan fingerprint density at radius 2 is 1.78 bits per heavy atom. The quantitative estimate of drug-likeness (QED) is 0.303. The van der Waals surface area contributed by atoms with Crippen molar-refractivity contribution in [3.63, 3.8) is 0 Å². The summed E-state index contributed by atoms with van der Waals surface area (Å²) in [7, 11) is 1.34. The maximum Gasteiger partial charge on any atom is 0.425 e. The van der Waals surface area contributed by atoms with E-state index in [1.165, 1.54) is 7.11 Å². The summed E-state index contributed by atoms with van der Waals surface area (Å²) in [5, 5.41) is 0.929. The fraction of sp³-hybridized carbons (Fsp3) is 0.412.